The van der Waals surface area contributed by atoms with E-state index in [2.05, 4.69) is 34.8 Å². The molecule has 2 heterocycles. The molecule has 0 bridgehead atoms. The molecule has 1 saturated heterocycles. The number of imide groups is 1. The third-order valence-electron chi connectivity index (χ3n) is 3.10. The Kier molecular flexibility index (Phi) is 4.56. The monoisotopic (exact) mass is 310 g/mol. The van der Waals surface area contributed by atoms with Crippen LogP contribution in [0.3, 0.4) is 0 Å². The Balaban J connectivity index is 1.87. The summed E-state index contributed by atoms with van der Waals surface area (Å²) in [6.07, 6.45) is -0.0630. The first kappa shape index (κ1) is 15.4. The number of hydrogen-bond donors (Lipinski definition) is 3. The molecule has 0 aromatic carbocycles. The first-order valence-corrected chi connectivity index (χ1v) is 7.52. The maximum atomic E-state index is 11.8. The van der Waals surface area contributed by atoms with Crippen molar-refractivity contribution in [1.29, 1.82) is 0 Å². The van der Waals surface area contributed by atoms with Crippen LogP contribution in [0.15, 0.2) is 0 Å². The number of aryl methyl sites for hydroxylation is 1. The second-order valence-electron chi connectivity index (χ2n) is 5.21. The number of carbonyl (C=O) groups is 3. The Hall–Kier alpha value is -1.96. The molecule has 1 atom stereocenters. The molecule has 1 aromatic heterocycles. The predicted octanol–water partition coefficient (Wildman–Crippen LogP) is 0.789. The number of nitrogens with one attached hydrogen (secondary N) is 3. The SMILES string of the molecule is Cc1nc(C(C)C)sc1CNC(=O)C[C@H]1NC(=O)NC1=O. The normalized spacial score (nSPS) is 17.8. The van der Waals surface area contributed by atoms with Crippen LogP contribution in [0, 0.1) is 6.92 Å². The van der Waals surface area contributed by atoms with Gasteiger partial charge in [0.2, 0.25) is 5.91 Å². The lowest BCUT2D eigenvalue weighted by molar-refractivity contribution is -0.126. The summed E-state index contributed by atoms with van der Waals surface area (Å²) in [7, 11) is 0. The second kappa shape index (κ2) is 6.21. The highest BCUT2D eigenvalue weighted by atomic mass is 32.1. The van der Waals surface area contributed by atoms with Crippen LogP contribution in [0.1, 0.15) is 41.8 Å². The molecule has 3 N–H and O–H groups in total. The van der Waals surface area contributed by atoms with Crippen LogP contribution in [-0.4, -0.2) is 28.9 Å². The van der Waals surface area contributed by atoms with Gasteiger partial charge in [-0.25, -0.2) is 9.78 Å². The van der Waals surface area contributed by atoms with Crippen LogP contribution in [0.4, 0.5) is 4.79 Å². The molecular formula is C13H18N4O3S. The number of thiazole rings is 1. The van der Waals surface area contributed by atoms with Gasteiger partial charge < -0.3 is 10.6 Å². The number of hydrogen-bond acceptors (Lipinski definition) is 5. The van der Waals surface area contributed by atoms with Crippen LogP contribution in [0.2, 0.25) is 0 Å². The van der Waals surface area contributed by atoms with E-state index in [0.717, 1.165) is 15.6 Å². The third-order valence-corrected chi connectivity index (χ3v) is 4.56. The topological polar surface area (TPSA) is 100 Å². The van der Waals surface area contributed by atoms with Gasteiger partial charge in [-0.2, -0.15) is 0 Å². The van der Waals surface area contributed by atoms with E-state index >= 15 is 0 Å². The summed E-state index contributed by atoms with van der Waals surface area (Å²) in [5.74, 6) is -0.391. The zero-order valence-electron chi connectivity index (χ0n) is 12.1. The van der Waals surface area contributed by atoms with Crippen molar-refractivity contribution in [3.8, 4) is 0 Å². The molecule has 1 fully saturated rings. The Bertz CT molecular complexity index is 582. The van der Waals surface area contributed by atoms with Gasteiger partial charge in [-0.1, -0.05) is 13.8 Å². The van der Waals surface area contributed by atoms with Crippen molar-refractivity contribution in [2.24, 2.45) is 0 Å². The molecule has 0 aliphatic carbocycles. The van der Waals surface area contributed by atoms with Crippen LogP contribution in [0.5, 0.6) is 0 Å². The fourth-order valence-electron chi connectivity index (χ4n) is 1.90. The van der Waals surface area contributed by atoms with Crippen LogP contribution < -0.4 is 16.0 Å². The summed E-state index contributed by atoms with van der Waals surface area (Å²) in [5, 5.41) is 8.28. The Labute approximate surface area is 126 Å². The molecule has 0 spiro atoms. The first-order chi connectivity index (χ1) is 9.86. The van der Waals surface area contributed by atoms with E-state index in [9.17, 15) is 14.4 Å². The predicted molar refractivity (Wildman–Crippen MR) is 77.9 cm³/mol. The fourth-order valence-corrected chi connectivity index (χ4v) is 2.91. The van der Waals surface area contributed by atoms with E-state index in [4.69, 9.17) is 0 Å². The van der Waals surface area contributed by atoms with E-state index in [1.54, 1.807) is 11.3 Å². The van der Waals surface area contributed by atoms with Crippen LogP contribution in [0.25, 0.3) is 0 Å². The number of nitrogens with zero attached hydrogens (tertiary/aromatic N) is 1. The third kappa shape index (κ3) is 3.78. The van der Waals surface area contributed by atoms with Gasteiger partial charge in [0.05, 0.1) is 23.7 Å². The molecule has 1 aliphatic heterocycles. The highest BCUT2D eigenvalue weighted by Gasteiger charge is 2.31. The van der Waals surface area contributed by atoms with Crippen molar-refractivity contribution in [3.63, 3.8) is 0 Å². The van der Waals surface area contributed by atoms with Crippen molar-refractivity contribution in [1.82, 2.24) is 20.9 Å². The van der Waals surface area contributed by atoms with Gasteiger partial charge in [-0.15, -0.1) is 11.3 Å². The van der Waals surface area contributed by atoms with Crippen molar-refractivity contribution in [2.75, 3.05) is 0 Å². The summed E-state index contributed by atoms with van der Waals surface area (Å²) >= 11 is 1.58. The van der Waals surface area contributed by atoms with E-state index in [1.165, 1.54) is 0 Å². The average Bonchev–Trinajstić information content (AvgIpc) is 2.90. The van der Waals surface area contributed by atoms with Crippen LogP contribution in [-0.2, 0) is 16.1 Å². The quantitative estimate of drug-likeness (QED) is 0.700. The van der Waals surface area contributed by atoms with Gasteiger partial charge in [0.25, 0.3) is 5.91 Å². The number of carbonyl (C=O) groups excluding carboxylic acids is 3. The van der Waals surface area contributed by atoms with Crippen molar-refractivity contribution in [3.05, 3.63) is 15.6 Å². The lowest BCUT2D eigenvalue weighted by atomic mass is 10.2. The summed E-state index contributed by atoms with van der Waals surface area (Å²) in [6.45, 7) is 6.44. The lowest BCUT2D eigenvalue weighted by Gasteiger charge is -2.07. The summed E-state index contributed by atoms with van der Waals surface area (Å²) in [6, 6.07) is -1.34. The molecule has 21 heavy (non-hydrogen) atoms. The molecule has 1 aromatic rings. The van der Waals surface area contributed by atoms with E-state index < -0.39 is 18.0 Å². The van der Waals surface area contributed by atoms with Gasteiger partial charge in [0.15, 0.2) is 0 Å². The molecular weight excluding hydrogens is 292 g/mol. The van der Waals surface area contributed by atoms with E-state index in [-0.39, 0.29) is 12.3 Å². The number of aromatic nitrogens is 1. The van der Waals surface area contributed by atoms with Gasteiger partial charge in [0.1, 0.15) is 6.04 Å². The molecule has 1 aliphatic rings. The largest absolute Gasteiger partial charge is 0.351 e. The minimum atomic E-state index is -0.786. The maximum absolute atomic E-state index is 11.8. The molecule has 8 heteroatoms. The average molecular weight is 310 g/mol. The molecule has 2 rings (SSSR count). The van der Waals surface area contributed by atoms with Gasteiger partial charge in [0, 0.05) is 10.8 Å². The smallest absolute Gasteiger partial charge is 0.322 e. The number of urea groups is 1. The fraction of sp³-hybridized carbons (Fsp3) is 0.538. The number of rotatable bonds is 5. The van der Waals surface area contributed by atoms with Gasteiger partial charge in [-0.05, 0) is 6.92 Å². The molecule has 4 amide bonds. The number of amides is 4. The lowest BCUT2D eigenvalue weighted by Crippen LogP contribution is -2.35. The zero-order chi connectivity index (χ0) is 15.6. The molecule has 0 radical (unpaired) electrons. The Morgan fingerprint density at radius 3 is 2.67 bits per heavy atom. The molecule has 7 nitrogen and oxygen atoms in total. The maximum Gasteiger partial charge on any atom is 0.322 e. The minimum Gasteiger partial charge on any atom is -0.351 e. The van der Waals surface area contributed by atoms with Crippen molar-refractivity contribution >= 4 is 29.2 Å². The van der Waals surface area contributed by atoms with Crippen molar-refractivity contribution < 1.29 is 14.4 Å². The van der Waals surface area contributed by atoms with Crippen LogP contribution >= 0.6 is 11.3 Å². The molecule has 114 valence electrons. The van der Waals surface area contributed by atoms with Gasteiger partial charge >= 0.3 is 6.03 Å². The van der Waals surface area contributed by atoms with Gasteiger partial charge in [-0.3, -0.25) is 14.9 Å². The molecule has 0 unspecified atom stereocenters. The highest BCUT2D eigenvalue weighted by Crippen LogP contribution is 2.24. The summed E-state index contributed by atoms with van der Waals surface area (Å²) in [5.41, 5.74) is 0.913. The minimum absolute atomic E-state index is 0.0630. The van der Waals surface area contributed by atoms with E-state index in [1.807, 2.05) is 6.92 Å². The zero-order valence-corrected chi connectivity index (χ0v) is 13.0. The summed E-state index contributed by atoms with van der Waals surface area (Å²) in [4.78, 5) is 39.6. The Morgan fingerprint density at radius 2 is 2.14 bits per heavy atom. The van der Waals surface area contributed by atoms with E-state index in [0.29, 0.717) is 12.5 Å². The summed E-state index contributed by atoms with van der Waals surface area (Å²) < 4.78 is 0. The second-order valence-corrected chi connectivity index (χ2v) is 6.33. The first-order valence-electron chi connectivity index (χ1n) is 6.71. The Morgan fingerprint density at radius 1 is 1.43 bits per heavy atom. The molecule has 0 saturated carbocycles. The standard InChI is InChI=1S/C13H18N4O3S/c1-6(2)12-15-7(3)9(21-12)5-14-10(18)4-8-11(19)17-13(20)16-8/h6,8H,4-5H2,1-3H3,(H,14,18)(H2,16,17,19,20)/t8-/m1/s1. The highest BCUT2D eigenvalue weighted by molar-refractivity contribution is 7.11. The van der Waals surface area contributed by atoms with Crippen molar-refractivity contribution in [2.45, 2.75) is 45.7 Å².